The number of nitrogens with zero attached hydrogens (tertiary/aromatic N) is 4. The molecular weight excluding hydrogens is 475 g/mol. The highest BCUT2D eigenvalue weighted by molar-refractivity contribution is 6.30. The van der Waals surface area contributed by atoms with Gasteiger partial charge in [0.1, 0.15) is 18.0 Å². The number of rotatable bonds is 4. The third-order valence-electron chi connectivity index (χ3n) is 6.02. The van der Waals surface area contributed by atoms with Crippen LogP contribution in [0.4, 0.5) is 4.39 Å². The lowest BCUT2D eigenvalue weighted by atomic mass is 10.0. The molecule has 0 atom stereocenters. The fraction of sp³-hybridized carbons (Fsp3) is 0. The summed E-state index contributed by atoms with van der Waals surface area (Å²) in [5, 5.41) is 0.580. The zero-order chi connectivity index (χ0) is 24.6. The quantitative estimate of drug-likeness (QED) is 0.275. The van der Waals surface area contributed by atoms with Crippen LogP contribution in [0.2, 0.25) is 5.02 Å². The van der Waals surface area contributed by atoms with E-state index >= 15 is 0 Å². The molecule has 2 aromatic heterocycles. The Morgan fingerprint density at radius 1 is 0.722 bits per heavy atom. The van der Waals surface area contributed by atoms with Crippen molar-refractivity contribution in [2.45, 2.75) is 0 Å². The Morgan fingerprint density at radius 3 is 2.11 bits per heavy atom. The van der Waals surface area contributed by atoms with Gasteiger partial charge in [0.2, 0.25) is 0 Å². The predicted octanol–water partition coefficient (Wildman–Crippen LogP) is 6.70. The van der Waals surface area contributed by atoms with Crippen LogP contribution in [0.25, 0.3) is 45.1 Å². The van der Waals surface area contributed by atoms with Crippen LogP contribution in [-0.2, 0) is 0 Å². The summed E-state index contributed by atoms with van der Waals surface area (Å²) in [5.41, 5.74) is 3.74. The van der Waals surface area contributed by atoms with Crippen molar-refractivity contribution in [2.75, 3.05) is 0 Å². The van der Waals surface area contributed by atoms with Gasteiger partial charge in [-0.2, -0.15) is 0 Å². The zero-order valence-electron chi connectivity index (χ0n) is 18.8. The molecule has 0 saturated heterocycles. The van der Waals surface area contributed by atoms with Crippen molar-refractivity contribution >= 4 is 22.8 Å². The average Bonchev–Trinajstić information content (AvgIpc) is 3.35. The summed E-state index contributed by atoms with van der Waals surface area (Å²) in [6.45, 7) is 0. The number of halogens is 2. The van der Waals surface area contributed by atoms with Gasteiger partial charge in [0.25, 0.3) is 5.56 Å². The van der Waals surface area contributed by atoms with E-state index in [4.69, 9.17) is 16.6 Å². The minimum atomic E-state index is -0.306. The third-order valence-corrected chi connectivity index (χ3v) is 6.28. The Hall–Kier alpha value is -4.55. The summed E-state index contributed by atoms with van der Waals surface area (Å²) >= 11 is 6.11. The number of imidazole rings is 1. The van der Waals surface area contributed by atoms with E-state index in [9.17, 15) is 9.18 Å². The number of hydrogen-bond acceptors (Lipinski definition) is 3. The summed E-state index contributed by atoms with van der Waals surface area (Å²) in [7, 11) is 0. The maximum atomic E-state index is 14.3. The number of benzene rings is 4. The van der Waals surface area contributed by atoms with E-state index in [1.807, 2.05) is 42.5 Å². The molecule has 0 fully saturated rings. The SMILES string of the molecule is O=c1c2c(ncn2-c2ccccc2)nc(-c2ccc(Cl)cc2)n1-c1ccc(-c2ccccc2F)cc1. The first kappa shape index (κ1) is 21.9. The van der Waals surface area contributed by atoms with Crippen molar-refractivity contribution in [2.24, 2.45) is 0 Å². The van der Waals surface area contributed by atoms with Gasteiger partial charge in [-0.15, -0.1) is 0 Å². The lowest BCUT2D eigenvalue weighted by molar-refractivity contribution is 0.631. The number of hydrogen-bond donors (Lipinski definition) is 0. The molecule has 4 aromatic carbocycles. The van der Waals surface area contributed by atoms with Crippen LogP contribution in [0.5, 0.6) is 0 Å². The van der Waals surface area contributed by atoms with Crippen molar-refractivity contribution in [3.63, 3.8) is 0 Å². The second-order valence-electron chi connectivity index (χ2n) is 8.23. The van der Waals surface area contributed by atoms with Crippen molar-refractivity contribution in [3.8, 4) is 33.9 Å². The van der Waals surface area contributed by atoms with Crippen molar-refractivity contribution in [3.05, 3.63) is 131 Å². The van der Waals surface area contributed by atoms with Crippen LogP contribution in [0, 0.1) is 5.82 Å². The molecule has 2 heterocycles. The molecule has 7 heteroatoms. The highest BCUT2D eigenvalue weighted by Gasteiger charge is 2.19. The summed E-state index contributed by atoms with van der Waals surface area (Å²) in [6, 6.07) is 30.4. The molecule has 6 rings (SSSR count). The van der Waals surface area contributed by atoms with Crippen LogP contribution >= 0.6 is 11.6 Å². The van der Waals surface area contributed by atoms with E-state index < -0.39 is 0 Å². The molecule has 0 N–H and O–H groups in total. The molecule has 174 valence electrons. The minimum Gasteiger partial charge on any atom is -0.293 e. The predicted molar refractivity (Wildman–Crippen MR) is 140 cm³/mol. The largest absolute Gasteiger partial charge is 0.293 e. The van der Waals surface area contributed by atoms with Gasteiger partial charge in [0.05, 0.1) is 5.69 Å². The Labute approximate surface area is 210 Å². The van der Waals surface area contributed by atoms with Gasteiger partial charge in [-0.05, 0) is 60.2 Å². The molecule has 0 aliphatic heterocycles. The molecule has 0 spiro atoms. The van der Waals surface area contributed by atoms with Gasteiger partial charge in [0.15, 0.2) is 11.2 Å². The monoisotopic (exact) mass is 492 g/mol. The van der Waals surface area contributed by atoms with Crippen LogP contribution in [0.1, 0.15) is 0 Å². The van der Waals surface area contributed by atoms with E-state index in [0.717, 1.165) is 5.69 Å². The second kappa shape index (κ2) is 8.91. The highest BCUT2D eigenvalue weighted by atomic mass is 35.5. The fourth-order valence-corrected chi connectivity index (χ4v) is 4.40. The Kier molecular flexibility index (Phi) is 5.43. The highest BCUT2D eigenvalue weighted by Crippen LogP contribution is 2.27. The van der Waals surface area contributed by atoms with Crippen LogP contribution in [-0.4, -0.2) is 19.1 Å². The maximum absolute atomic E-state index is 14.3. The molecule has 36 heavy (non-hydrogen) atoms. The summed E-state index contributed by atoms with van der Waals surface area (Å²) < 4.78 is 17.6. The smallest absolute Gasteiger partial charge is 0.285 e. The van der Waals surface area contributed by atoms with Crippen LogP contribution < -0.4 is 5.56 Å². The van der Waals surface area contributed by atoms with Crippen molar-refractivity contribution < 1.29 is 4.39 Å². The lowest BCUT2D eigenvalue weighted by Crippen LogP contribution is -2.23. The van der Waals surface area contributed by atoms with Crippen molar-refractivity contribution in [1.82, 2.24) is 19.1 Å². The third kappa shape index (κ3) is 3.78. The molecule has 0 aliphatic rings. The minimum absolute atomic E-state index is 0.273. The average molecular weight is 493 g/mol. The van der Waals surface area contributed by atoms with Gasteiger partial charge >= 0.3 is 0 Å². The van der Waals surface area contributed by atoms with Crippen LogP contribution in [0.15, 0.2) is 114 Å². The van der Waals surface area contributed by atoms with E-state index in [1.54, 1.807) is 70.1 Å². The molecule has 0 saturated carbocycles. The van der Waals surface area contributed by atoms with Gasteiger partial charge in [-0.3, -0.25) is 13.9 Å². The van der Waals surface area contributed by atoms with Crippen molar-refractivity contribution in [1.29, 1.82) is 0 Å². The topological polar surface area (TPSA) is 52.7 Å². The normalized spacial score (nSPS) is 11.2. The first-order valence-corrected chi connectivity index (χ1v) is 11.6. The Bertz CT molecular complexity index is 1760. The molecule has 6 aromatic rings. The van der Waals surface area contributed by atoms with Gasteiger partial charge in [0, 0.05) is 21.8 Å². The Morgan fingerprint density at radius 2 is 1.39 bits per heavy atom. The van der Waals surface area contributed by atoms with E-state index in [-0.39, 0.29) is 11.4 Å². The molecule has 0 amide bonds. The second-order valence-corrected chi connectivity index (χ2v) is 8.67. The summed E-state index contributed by atoms with van der Waals surface area (Å²) in [6.07, 6.45) is 1.60. The molecule has 0 unspecified atom stereocenters. The molecule has 0 aliphatic carbocycles. The summed E-state index contributed by atoms with van der Waals surface area (Å²) in [5.74, 6) is 0.125. The summed E-state index contributed by atoms with van der Waals surface area (Å²) in [4.78, 5) is 23.2. The molecular formula is C29H18ClFN4O. The lowest BCUT2D eigenvalue weighted by Gasteiger charge is -2.14. The van der Waals surface area contributed by atoms with E-state index in [0.29, 0.717) is 44.4 Å². The molecule has 5 nitrogen and oxygen atoms in total. The van der Waals surface area contributed by atoms with Gasteiger partial charge in [-0.1, -0.05) is 60.1 Å². The molecule has 0 radical (unpaired) electrons. The fourth-order valence-electron chi connectivity index (χ4n) is 4.27. The number of para-hydroxylation sites is 1. The standard InChI is InChI=1S/C29H18ClFN4O/c30-21-14-10-20(11-15-21)28-33-27-26(34(18-32-27)22-6-2-1-3-7-22)29(36)35(28)23-16-12-19(13-17-23)24-8-4-5-9-25(24)31/h1-18H. The van der Waals surface area contributed by atoms with Gasteiger partial charge < -0.3 is 0 Å². The van der Waals surface area contributed by atoms with Gasteiger partial charge in [-0.25, -0.2) is 14.4 Å². The first-order chi connectivity index (χ1) is 17.6. The maximum Gasteiger partial charge on any atom is 0.285 e. The van der Waals surface area contributed by atoms with Crippen LogP contribution in [0.3, 0.4) is 0 Å². The first-order valence-electron chi connectivity index (χ1n) is 11.3. The number of fused-ring (bicyclic) bond motifs is 1. The van der Waals surface area contributed by atoms with E-state index in [1.165, 1.54) is 6.07 Å². The van der Waals surface area contributed by atoms with E-state index in [2.05, 4.69) is 4.98 Å². The molecule has 0 bridgehead atoms. The zero-order valence-corrected chi connectivity index (χ0v) is 19.6. The Balaban J connectivity index is 1.59. The number of aromatic nitrogens is 4.